The fourth-order valence-corrected chi connectivity index (χ4v) is 1.72. The summed E-state index contributed by atoms with van der Waals surface area (Å²) >= 11 is 5.39. The molecular formula is C12H14ClF2NO2. The number of amides is 1. The fourth-order valence-electron chi connectivity index (χ4n) is 1.57. The van der Waals surface area contributed by atoms with Crippen molar-refractivity contribution in [3.05, 3.63) is 34.4 Å². The zero-order chi connectivity index (χ0) is 13.9. The van der Waals surface area contributed by atoms with Crippen molar-refractivity contribution in [3.63, 3.8) is 0 Å². The monoisotopic (exact) mass is 277 g/mol. The van der Waals surface area contributed by atoms with E-state index in [0.717, 1.165) is 12.1 Å². The third-order valence-electron chi connectivity index (χ3n) is 2.33. The molecule has 0 aliphatic carbocycles. The van der Waals surface area contributed by atoms with Crippen LogP contribution in [0.5, 0.6) is 0 Å². The zero-order valence-electron chi connectivity index (χ0n) is 10.0. The molecular weight excluding hydrogens is 264 g/mol. The fraction of sp³-hybridized carbons (Fsp3) is 0.417. The highest BCUT2D eigenvalue weighted by Gasteiger charge is 2.17. The number of rotatable bonds is 4. The molecule has 1 aromatic carbocycles. The van der Waals surface area contributed by atoms with E-state index in [1.807, 2.05) is 0 Å². The second-order valence-electron chi connectivity index (χ2n) is 4.21. The first-order chi connectivity index (χ1) is 8.31. The van der Waals surface area contributed by atoms with Crippen LogP contribution in [0.15, 0.2) is 12.1 Å². The van der Waals surface area contributed by atoms with Crippen molar-refractivity contribution in [2.75, 3.05) is 0 Å². The molecule has 0 fully saturated rings. The van der Waals surface area contributed by atoms with E-state index in [1.165, 1.54) is 0 Å². The molecule has 0 aliphatic heterocycles. The van der Waals surface area contributed by atoms with Crippen LogP contribution in [0.2, 0.25) is 5.02 Å². The Bertz CT molecular complexity index is 452. The van der Waals surface area contributed by atoms with E-state index < -0.39 is 29.2 Å². The maximum Gasteiger partial charge on any atom is 0.254 e. The highest BCUT2D eigenvalue weighted by molar-refractivity contribution is 6.30. The molecule has 0 heterocycles. The Morgan fingerprint density at radius 2 is 2.00 bits per heavy atom. The molecule has 0 aromatic heterocycles. The van der Waals surface area contributed by atoms with Gasteiger partial charge in [-0.05, 0) is 32.4 Å². The van der Waals surface area contributed by atoms with E-state index in [0.29, 0.717) is 6.42 Å². The molecule has 1 amide bonds. The summed E-state index contributed by atoms with van der Waals surface area (Å²) in [7, 11) is 0. The van der Waals surface area contributed by atoms with E-state index in [9.17, 15) is 13.6 Å². The number of aliphatic hydroxyl groups excluding tert-OH is 1. The minimum atomic E-state index is -0.886. The predicted octanol–water partition coefficient (Wildman–Crippen LogP) is 2.51. The average molecular weight is 278 g/mol. The molecule has 0 aliphatic rings. The van der Waals surface area contributed by atoms with Crippen molar-refractivity contribution < 1.29 is 18.7 Å². The van der Waals surface area contributed by atoms with Crippen molar-refractivity contribution in [3.8, 4) is 0 Å². The van der Waals surface area contributed by atoms with Crippen LogP contribution in [0.4, 0.5) is 8.78 Å². The summed E-state index contributed by atoms with van der Waals surface area (Å²) in [6.07, 6.45) is -0.268. The van der Waals surface area contributed by atoms with Crippen molar-refractivity contribution >= 4 is 17.5 Å². The molecule has 6 heteroatoms. The van der Waals surface area contributed by atoms with Crippen LogP contribution in [0.25, 0.3) is 0 Å². The number of aliphatic hydroxyl groups is 1. The van der Waals surface area contributed by atoms with Gasteiger partial charge in [0.1, 0.15) is 11.6 Å². The Labute approximate surface area is 109 Å². The lowest BCUT2D eigenvalue weighted by atomic mass is 10.1. The van der Waals surface area contributed by atoms with Gasteiger partial charge in [0.25, 0.3) is 5.91 Å². The number of hydrogen-bond acceptors (Lipinski definition) is 2. The maximum absolute atomic E-state index is 13.4. The van der Waals surface area contributed by atoms with Crippen LogP contribution in [-0.4, -0.2) is 23.2 Å². The van der Waals surface area contributed by atoms with E-state index in [-0.39, 0.29) is 11.1 Å². The second kappa shape index (κ2) is 6.11. The first-order valence-corrected chi connectivity index (χ1v) is 5.82. The summed E-state index contributed by atoms with van der Waals surface area (Å²) in [6.45, 7) is 3.24. The van der Waals surface area contributed by atoms with Crippen molar-refractivity contribution in [2.24, 2.45) is 0 Å². The first-order valence-electron chi connectivity index (χ1n) is 5.44. The van der Waals surface area contributed by atoms with Crippen LogP contribution in [0, 0.1) is 11.6 Å². The van der Waals surface area contributed by atoms with Gasteiger partial charge in [-0.1, -0.05) is 11.6 Å². The van der Waals surface area contributed by atoms with Gasteiger partial charge in [0.05, 0.1) is 16.7 Å². The summed E-state index contributed by atoms with van der Waals surface area (Å²) in [5.41, 5.74) is -0.408. The molecule has 2 atom stereocenters. The third kappa shape index (κ3) is 3.92. The van der Waals surface area contributed by atoms with Crippen molar-refractivity contribution in [1.29, 1.82) is 0 Å². The second-order valence-corrected chi connectivity index (χ2v) is 4.61. The number of carbonyl (C=O) groups excluding carboxylic acids is 1. The smallest absolute Gasteiger partial charge is 0.254 e. The summed E-state index contributed by atoms with van der Waals surface area (Å²) in [5, 5.41) is 11.2. The van der Waals surface area contributed by atoms with Crippen molar-refractivity contribution in [1.82, 2.24) is 5.32 Å². The molecule has 1 aromatic rings. The van der Waals surface area contributed by atoms with E-state index in [4.69, 9.17) is 16.7 Å². The van der Waals surface area contributed by atoms with E-state index in [1.54, 1.807) is 13.8 Å². The van der Waals surface area contributed by atoms with Gasteiger partial charge in [0, 0.05) is 6.04 Å². The Hall–Kier alpha value is -1.20. The van der Waals surface area contributed by atoms with E-state index in [2.05, 4.69) is 5.32 Å². The van der Waals surface area contributed by atoms with Crippen molar-refractivity contribution in [2.45, 2.75) is 32.4 Å². The molecule has 2 N–H and O–H groups in total. The van der Waals surface area contributed by atoms with Crippen LogP contribution in [0.3, 0.4) is 0 Å². The third-order valence-corrected chi connectivity index (χ3v) is 2.62. The molecule has 100 valence electrons. The molecule has 0 saturated carbocycles. The minimum absolute atomic E-state index is 0.323. The molecule has 18 heavy (non-hydrogen) atoms. The lowest BCUT2D eigenvalue weighted by Crippen LogP contribution is -2.35. The van der Waals surface area contributed by atoms with Gasteiger partial charge in [-0.2, -0.15) is 0 Å². The summed E-state index contributed by atoms with van der Waals surface area (Å²) < 4.78 is 26.6. The van der Waals surface area contributed by atoms with Crippen LogP contribution < -0.4 is 5.32 Å². The highest BCUT2D eigenvalue weighted by atomic mass is 35.5. The number of hydrogen-bond donors (Lipinski definition) is 2. The predicted molar refractivity (Wildman–Crippen MR) is 64.6 cm³/mol. The Kier molecular flexibility index (Phi) is 5.04. The summed E-state index contributed by atoms with van der Waals surface area (Å²) in [6, 6.07) is 1.16. The van der Waals surface area contributed by atoms with Gasteiger partial charge in [0.15, 0.2) is 0 Å². The number of carbonyl (C=O) groups is 1. The quantitative estimate of drug-likeness (QED) is 0.831. The highest BCUT2D eigenvalue weighted by Crippen LogP contribution is 2.19. The average Bonchev–Trinajstić information content (AvgIpc) is 2.21. The Morgan fingerprint density at radius 3 is 2.56 bits per heavy atom. The van der Waals surface area contributed by atoms with Gasteiger partial charge in [-0.15, -0.1) is 0 Å². The molecule has 2 unspecified atom stereocenters. The minimum Gasteiger partial charge on any atom is -0.393 e. The number of halogens is 3. The molecule has 0 radical (unpaired) electrons. The molecule has 0 spiro atoms. The molecule has 0 bridgehead atoms. The molecule has 1 rings (SSSR count). The van der Waals surface area contributed by atoms with Gasteiger partial charge in [-0.3, -0.25) is 4.79 Å². The normalized spacial score (nSPS) is 14.1. The first kappa shape index (κ1) is 14.9. The topological polar surface area (TPSA) is 49.3 Å². The van der Waals surface area contributed by atoms with Gasteiger partial charge in [0.2, 0.25) is 0 Å². The van der Waals surface area contributed by atoms with Crippen LogP contribution in [-0.2, 0) is 0 Å². The largest absolute Gasteiger partial charge is 0.393 e. The van der Waals surface area contributed by atoms with Gasteiger partial charge in [-0.25, -0.2) is 8.78 Å². The number of nitrogens with one attached hydrogen (secondary N) is 1. The maximum atomic E-state index is 13.4. The lowest BCUT2D eigenvalue weighted by molar-refractivity contribution is 0.0918. The summed E-state index contributed by atoms with van der Waals surface area (Å²) in [4.78, 5) is 11.7. The standard InChI is InChI=1S/C12H14ClF2NO2/c1-6(3-7(2)17)16-12(18)8-4-11(15)9(13)5-10(8)14/h4-7,17H,3H2,1-2H3,(H,16,18). The Balaban J connectivity index is 2.82. The zero-order valence-corrected chi connectivity index (χ0v) is 10.8. The summed E-state index contributed by atoms with van der Waals surface area (Å²) in [5.74, 6) is -2.48. The number of benzene rings is 1. The van der Waals surface area contributed by atoms with Crippen LogP contribution >= 0.6 is 11.6 Å². The van der Waals surface area contributed by atoms with Gasteiger partial charge < -0.3 is 10.4 Å². The molecule has 3 nitrogen and oxygen atoms in total. The SMILES string of the molecule is CC(O)CC(C)NC(=O)c1cc(F)c(Cl)cc1F. The lowest BCUT2D eigenvalue weighted by Gasteiger charge is -2.15. The Morgan fingerprint density at radius 1 is 1.39 bits per heavy atom. The van der Waals surface area contributed by atoms with Crippen LogP contribution in [0.1, 0.15) is 30.6 Å². The van der Waals surface area contributed by atoms with E-state index >= 15 is 0 Å². The van der Waals surface area contributed by atoms with Gasteiger partial charge >= 0.3 is 0 Å². The molecule has 0 saturated heterocycles.